The second-order valence-corrected chi connectivity index (χ2v) is 3.74. The van der Waals surface area contributed by atoms with Crippen molar-refractivity contribution in [2.24, 2.45) is 0 Å². The van der Waals surface area contributed by atoms with E-state index in [0.29, 0.717) is 10.4 Å². The lowest BCUT2D eigenvalue weighted by Crippen LogP contribution is -1.83. The Morgan fingerprint density at radius 3 is 2.92 bits per heavy atom. The van der Waals surface area contributed by atoms with E-state index in [9.17, 15) is 4.57 Å². The molecule has 1 aromatic heterocycles. The molecule has 0 fully saturated rings. The van der Waals surface area contributed by atoms with Gasteiger partial charge in [0.15, 0.2) is 3.77 Å². The summed E-state index contributed by atoms with van der Waals surface area (Å²) in [6.45, 7) is 2.09. The van der Waals surface area contributed by atoms with E-state index in [0.717, 1.165) is 0 Å². The van der Waals surface area contributed by atoms with Crippen molar-refractivity contribution in [2.45, 2.75) is 6.92 Å². The first-order valence-corrected chi connectivity index (χ1v) is 5.43. The fourth-order valence-corrected chi connectivity index (χ4v) is 1.46. The van der Waals surface area contributed by atoms with Gasteiger partial charge in [-0.15, -0.1) is 4.52 Å². The second-order valence-electron chi connectivity index (χ2n) is 1.79. The van der Waals surface area contributed by atoms with Gasteiger partial charge in [0.1, 0.15) is 6.61 Å². The summed E-state index contributed by atoms with van der Waals surface area (Å²) in [4.78, 5) is 0. The maximum absolute atomic E-state index is 10.9. The molecule has 1 rings (SSSR count). The Bertz CT molecular complexity index is 272. The summed E-state index contributed by atoms with van der Waals surface area (Å²) in [5, 5.41) is 0. The van der Waals surface area contributed by atoms with Crippen LogP contribution in [-0.2, 0) is 9.09 Å². The lowest BCUT2D eigenvalue weighted by molar-refractivity contribution is 0.278. The number of rotatable bonds is 4. The van der Waals surface area contributed by atoms with Crippen LogP contribution in [0.3, 0.4) is 0 Å². The summed E-state index contributed by atoms with van der Waals surface area (Å²) in [5.74, 6) is 0.217. The minimum absolute atomic E-state index is 0.217. The molecule has 0 bridgehead atoms. The highest BCUT2D eigenvalue weighted by Gasteiger charge is 2.22. The van der Waals surface area contributed by atoms with Crippen LogP contribution in [0.2, 0.25) is 0 Å². The minimum Gasteiger partial charge on any atom is -0.416 e. The van der Waals surface area contributed by atoms with Gasteiger partial charge in [-0.3, -0.25) is 0 Å². The zero-order valence-corrected chi connectivity index (χ0v) is 9.37. The van der Waals surface area contributed by atoms with Crippen molar-refractivity contribution in [1.29, 1.82) is 0 Å². The van der Waals surface area contributed by atoms with Gasteiger partial charge >= 0.3 is 14.2 Å². The largest absolute Gasteiger partial charge is 0.753 e. The fraction of sp³-hybridized carbons (Fsp3) is 0.333. The molecule has 0 aromatic carbocycles. The van der Waals surface area contributed by atoms with Gasteiger partial charge in [0.05, 0.1) is 0 Å². The van der Waals surface area contributed by atoms with Crippen molar-refractivity contribution in [3.63, 3.8) is 0 Å². The molecule has 1 aromatic rings. The van der Waals surface area contributed by atoms with Crippen molar-refractivity contribution < 1.29 is 18.0 Å². The minimum atomic E-state index is -2.09. The van der Waals surface area contributed by atoms with Crippen LogP contribution in [0, 0.1) is 3.77 Å². The smallest absolute Gasteiger partial charge is 0.416 e. The van der Waals surface area contributed by atoms with Crippen molar-refractivity contribution in [3.8, 4) is 5.95 Å². The average Bonchev–Trinajstić information content (AvgIpc) is 2.36. The summed E-state index contributed by atoms with van der Waals surface area (Å²) in [7, 11) is -2.09. The van der Waals surface area contributed by atoms with E-state index in [1.807, 2.05) is 22.6 Å². The Kier molecular flexibility index (Phi) is 3.97. The molecule has 6 heteroatoms. The average molecular weight is 301 g/mol. The van der Waals surface area contributed by atoms with Gasteiger partial charge in [-0.1, -0.05) is 0 Å². The molecule has 0 aliphatic carbocycles. The van der Waals surface area contributed by atoms with Gasteiger partial charge in [-0.2, -0.15) is 4.52 Å². The van der Waals surface area contributed by atoms with Gasteiger partial charge in [-0.05, 0) is 35.6 Å². The molecule has 1 atom stereocenters. The maximum atomic E-state index is 10.9. The third-order valence-corrected chi connectivity index (χ3v) is 2.33. The van der Waals surface area contributed by atoms with Gasteiger partial charge in [-0.25, -0.2) is 0 Å². The highest BCUT2D eigenvalue weighted by Crippen LogP contribution is 2.29. The van der Waals surface area contributed by atoms with Crippen LogP contribution in [0.15, 0.2) is 16.5 Å². The van der Waals surface area contributed by atoms with E-state index < -0.39 is 8.25 Å². The van der Waals surface area contributed by atoms with Crippen LogP contribution in [0.1, 0.15) is 6.92 Å². The van der Waals surface area contributed by atoms with Crippen molar-refractivity contribution in [1.82, 2.24) is 0 Å². The van der Waals surface area contributed by atoms with Gasteiger partial charge in [0.25, 0.3) is 0 Å². The zero-order valence-electron chi connectivity index (χ0n) is 6.32. The maximum Gasteiger partial charge on any atom is 0.753 e. The zero-order chi connectivity index (χ0) is 8.97. The molecule has 0 aliphatic heterocycles. The molecule has 0 saturated carbocycles. The van der Waals surface area contributed by atoms with Crippen LogP contribution in [0.5, 0.6) is 5.95 Å². The topological polar surface area (TPSA) is 48.7 Å². The predicted octanol–water partition coefficient (Wildman–Crippen LogP) is 2.96. The van der Waals surface area contributed by atoms with E-state index in [2.05, 4.69) is 4.52 Å². The summed E-state index contributed by atoms with van der Waals surface area (Å²) in [6.07, 6.45) is 0. The van der Waals surface area contributed by atoms with Crippen molar-refractivity contribution >= 4 is 30.8 Å². The van der Waals surface area contributed by atoms with Gasteiger partial charge in [0.2, 0.25) is 0 Å². The van der Waals surface area contributed by atoms with E-state index in [-0.39, 0.29) is 5.95 Å². The summed E-state index contributed by atoms with van der Waals surface area (Å²) in [6, 6.07) is 3.30. The summed E-state index contributed by atoms with van der Waals surface area (Å²) >= 11 is 1.99. The molecule has 0 radical (unpaired) electrons. The molecular formula is C6H7IO4P+. The molecule has 66 valence electrons. The lowest BCUT2D eigenvalue weighted by atomic mass is 10.7. The predicted molar refractivity (Wildman–Crippen MR) is 51.3 cm³/mol. The Balaban J connectivity index is 2.46. The quantitative estimate of drug-likeness (QED) is 0.633. The molecule has 1 heterocycles. The molecule has 0 saturated heterocycles. The molecular weight excluding hydrogens is 294 g/mol. The summed E-state index contributed by atoms with van der Waals surface area (Å²) < 4.78 is 26.0. The molecule has 0 amide bonds. The normalized spacial score (nSPS) is 11.3. The number of hydrogen-bond acceptors (Lipinski definition) is 4. The van der Waals surface area contributed by atoms with Crippen LogP contribution in [-0.4, -0.2) is 6.61 Å². The van der Waals surface area contributed by atoms with Crippen LogP contribution in [0.25, 0.3) is 0 Å². The first kappa shape index (κ1) is 9.95. The third kappa shape index (κ3) is 3.08. The number of hydrogen-bond donors (Lipinski definition) is 0. The third-order valence-electron chi connectivity index (χ3n) is 0.948. The molecule has 4 nitrogen and oxygen atoms in total. The van der Waals surface area contributed by atoms with E-state index >= 15 is 0 Å². The Labute approximate surface area is 84.3 Å². The molecule has 0 spiro atoms. The van der Waals surface area contributed by atoms with Crippen molar-refractivity contribution in [2.75, 3.05) is 6.61 Å². The monoisotopic (exact) mass is 301 g/mol. The molecule has 1 unspecified atom stereocenters. The molecule has 0 N–H and O–H groups in total. The highest BCUT2D eigenvalue weighted by atomic mass is 127. The SMILES string of the molecule is CCO[P+](=O)Oc1ccc(I)o1. The van der Waals surface area contributed by atoms with Gasteiger partial charge in [0, 0.05) is 10.6 Å². The van der Waals surface area contributed by atoms with Crippen molar-refractivity contribution in [3.05, 3.63) is 15.9 Å². The second kappa shape index (κ2) is 4.79. The fourth-order valence-electron chi connectivity index (χ4n) is 0.552. The molecule has 12 heavy (non-hydrogen) atoms. The first-order chi connectivity index (χ1) is 5.72. The first-order valence-electron chi connectivity index (χ1n) is 3.26. The van der Waals surface area contributed by atoms with E-state index in [1.165, 1.54) is 0 Å². The Morgan fingerprint density at radius 2 is 2.42 bits per heavy atom. The molecule has 0 aliphatic rings. The van der Waals surface area contributed by atoms with E-state index in [4.69, 9.17) is 8.94 Å². The number of halogens is 1. The van der Waals surface area contributed by atoms with Crippen LogP contribution < -0.4 is 4.52 Å². The lowest BCUT2D eigenvalue weighted by Gasteiger charge is -1.83. The Morgan fingerprint density at radius 1 is 1.67 bits per heavy atom. The Hall–Kier alpha value is -0.130. The van der Waals surface area contributed by atoms with E-state index in [1.54, 1.807) is 19.1 Å². The number of furan rings is 1. The summed E-state index contributed by atoms with van der Waals surface area (Å²) in [5.41, 5.74) is 0. The van der Waals surface area contributed by atoms with Crippen LogP contribution >= 0.6 is 30.8 Å². The highest BCUT2D eigenvalue weighted by molar-refractivity contribution is 14.1. The van der Waals surface area contributed by atoms with Gasteiger partial charge < -0.3 is 4.42 Å². The van der Waals surface area contributed by atoms with Crippen LogP contribution in [0.4, 0.5) is 0 Å². The standard InChI is InChI=1S/C6H7IO4P/c1-2-9-12(8)11-6-4-3-5(7)10-6/h3-4H,2H2,1H3/q+1.